The third kappa shape index (κ3) is 3.08. The lowest BCUT2D eigenvalue weighted by atomic mass is 10.2. The van der Waals surface area contributed by atoms with E-state index in [0.29, 0.717) is 11.1 Å². The first-order valence-electron chi connectivity index (χ1n) is 6.16. The molecule has 0 spiro atoms. The topological polar surface area (TPSA) is 38.7 Å². The van der Waals surface area contributed by atoms with Crippen LogP contribution < -0.4 is 0 Å². The number of hydrogen-bond donors (Lipinski definition) is 0. The molecule has 1 aliphatic rings. The van der Waals surface area contributed by atoms with Crippen LogP contribution in [0.5, 0.6) is 0 Å². The van der Waals surface area contributed by atoms with Crippen LogP contribution in [0.25, 0.3) is 6.08 Å². The molecule has 1 heterocycles. The van der Waals surface area contributed by atoms with Crippen molar-refractivity contribution in [2.45, 2.75) is 0 Å². The Morgan fingerprint density at radius 1 is 1.14 bits per heavy atom. The van der Waals surface area contributed by atoms with E-state index in [1.54, 1.807) is 24.3 Å². The van der Waals surface area contributed by atoms with Crippen LogP contribution in [0, 0.1) is 5.82 Å². The largest absolute Gasteiger partial charge is 0.402 e. The number of rotatable bonds is 2. The SMILES string of the molecule is O=C1OC(c2cccc(Br)c2)=N/C1=C\c1cccc(F)c1. The Hall–Kier alpha value is -2.27. The molecule has 0 bridgehead atoms. The summed E-state index contributed by atoms with van der Waals surface area (Å²) in [5.74, 6) is -0.676. The van der Waals surface area contributed by atoms with Crippen molar-refractivity contribution in [3.05, 3.63) is 75.6 Å². The molecule has 3 nitrogen and oxygen atoms in total. The van der Waals surface area contributed by atoms with Crippen LogP contribution in [-0.2, 0) is 9.53 Å². The standard InChI is InChI=1S/C16H9BrFNO2/c17-12-5-2-4-11(9-12)15-19-14(16(20)21-15)8-10-3-1-6-13(18)7-10/h1-9H/b14-8-. The van der Waals surface area contributed by atoms with Crippen molar-refractivity contribution in [1.29, 1.82) is 0 Å². The highest BCUT2D eigenvalue weighted by atomic mass is 79.9. The number of hydrogen-bond acceptors (Lipinski definition) is 3. The maximum absolute atomic E-state index is 13.1. The van der Waals surface area contributed by atoms with Gasteiger partial charge >= 0.3 is 5.97 Å². The van der Waals surface area contributed by atoms with Gasteiger partial charge in [0, 0.05) is 10.0 Å². The maximum Gasteiger partial charge on any atom is 0.363 e. The van der Waals surface area contributed by atoms with Gasteiger partial charge in [0.05, 0.1) is 0 Å². The first-order valence-corrected chi connectivity index (χ1v) is 6.95. The lowest BCUT2D eigenvalue weighted by Gasteiger charge is -1.99. The first kappa shape index (κ1) is 13.7. The van der Waals surface area contributed by atoms with E-state index in [1.165, 1.54) is 18.2 Å². The van der Waals surface area contributed by atoms with Crippen molar-refractivity contribution in [2.75, 3.05) is 0 Å². The first-order chi connectivity index (χ1) is 10.1. The average molecular weight is 346 g/mol. The van der Waals surface area contributed by atoms with Gasteiger partial charge in [-0.3, -0.25) is 0 Å². The van der Waals surface area contributed by atoms with Gasteiger partial charge in [0.15, 0.2) is 5.70 Å². The van der Waals surface area contributed by atoms with Gasteiger partial charge in [0.1, 0.15) is 5.82 Å². The van der Waals surface area contributed by atoms with Gasteiger partial charge in [-0.2, -0.15) is 0 Å². The normalized spacial score (nSPS) is 16.0. The Morgan fingerprint density at radius 2 is 1.95 bits per heavy atom. The molecule has 2 aromatic carbocycles. The van der Waals surface area contributed by atoms with E-state index in [0.717, 1.165) is 4.47 Å². The fraction of sp³-hybridized carbons (Fsp3) is 0. The number of ether oxygens (including phenoxy) is 1. The van der Waals surface area contributed by atoms with Gasteiger partial charge in [0.2, 0.25) is 5.90 Å². The third-order valence-electron chi connectivity index (χ3n) is 2.84. The van der Waals surface area contributed by atoms with E-state index in [9.17, 15) is 9.18 Å². The summed E-state index contributed by atoms with van der Waals surface area (Å²) in [5, 5.41) is 0. The second-order valence-electron chi connectivity index (χ2n) is 4.40. The molecule has 0 saturated heterocycles. The summed E-state index contributed by atoms with van der Waals surface area (Å²) in [7, 11) is 0. The van der Waals surface area contributed by atoms with Gasteiger partial charge in [-0.05, 0) is 42.0 Å². The van der Waals surface area contributed by atoms with Crippen LogP contribution in [-0.4, -0.2) is 11.9 Å². The summed E-state index contributed by atoms with van der Waals surface area (Å²) in [5.41, 5.74) is 1.40. The molecule has 0 aliphatic carbocycles. The van der Waals surface area contributed by atoms with E-state index in [-0.39, 0.29) is 17.4 Å². The quantitative estimate of drug-likeness (QED) is 0.610. The van der Waals surface area contributed by atoms with Crippen LogP contribution in [0.1, 0.15) is 11.1 Å². The highest BCUT2D eigenvalue weighted by Gasteiger charge is 2.24. The predicted molar refractivity (Wildman–Crippen MR) is 81.1 cm³/mol. The summed E-state index contributed by atoms with van der Waals surface area (Å²) < 4.78 is 19.1. The van der Waals surface area contributed by atoms with Gasteiger partial charge < -0.3 is 4.74 Å². The van der Waals surface area contributed by atoms with Crippen molar-refractivity contribution < 1.29 is 13.9 Å². The maximum atomic E-state index is 13.1. The average Bonchev–Trinajstić information content (AvgIpc) is 2.80. The number of esters is 1. The van der Waals surface area contributed by atoms with Crippen LogP contribution in [0.4, 0.5) is 4.39 Å². The summed E-state index contributed by atoms with van der Waals surface area (Å²) >= 11 is 3.35. The van der Waals surface area contributed by atoms with Crippen molar-refractivity contribution in [2.24, 2.45) is 4.99 Å². The van der Waals surface area contributed by atoms with Crippen molar-refractivity contribution in [3.8, 4) is 0 Å². The number of benzene rings is 2. The molecule has 1 aliphatic heterocycles. The van der Waals surface area contributed by atoms with E-state index < -0.39 is 5.97 Å². The summed E-state index contributed by atoms with van der Waals surface area (Å²) in [6, 6.07) is 13.2. The summed E-state index contributed by atoms with van der Waals surface area (Å²) in [6.07, 6.45) is 1.50. The Bertz CT molecular complexity index is 783. The van der Waals surface area contributed by atoms with Crippen LogP contribution in [0.3, 0.4) is 0 Å². The van der Waals surface area contributed by atoms with E-state index in [1.807, 2.05) is 12.1 Å². The lowest BCUT2D eigenvalue weighted by molar-refractivity contribution is -0.129. The Morgan fingerprint density at radius 3 is 2.71 bits per heavy atom. The minimum Gasteiger partial charge on any atom is -0.402 e. The number of nitrogens with zero attached hydrogens (tertiary/aromatic N) is 1. The van der Waals surface area contributed by atoms with Crippen molar-refractivity contribution in [3.63, 3.8) is 0 Å². The molecular formula is C16H9BrFNO2. The van der Waals surface area contributed by atoms with Crippen LogP contribution in [0.2, 0.25) is 0 Å². The molecule has 0 fully saturated rings. The van der Waals surface area contributed by atoms with E-state index in [4.69, 9.17) is 4.74 Å². The van der Waals surface area contributed by atoms with Crippen molar-refractivity contribution >= 4 is 33.9 Å². The number of carbonyl (C=O) groups is 1. The van der Waals surface area contributed by atoms with Gasteiger partial charge in [-0.15, -0.1) is 0 Å². The van der Waals surface area contributed by atoms with Crippen LogP contribution >= 0.6 is 15.9 Å². The highest BCUT2D eigenvalue weighted by molar-refractivity contribution is 9.10. The number of halogens is 2. The zero-order valence-corrected chi connectivity index (χ0v) is 12.3. The monoisotopic (exact) mass is 345 g/mol. The third-order valence-corrected chi connectivity index (χ3v) is 3.34. The summed E-state index contributed by atoms with van der Waals surface area (Å²) in [6.45, 7) is 0. The summed E-state index contributed by atoms with van der Waals surface area (Å²) in [4.78, 5) is 16.0. The fourth-order valence-corrected chi connectivity index (χ4v) is 2.31. The molecule has 3 rings (SSSR count). The van der Waals surface area contributed by atoms with Gasteiger partial charge in [-0.25, -0.2) is 14.2 Å². The molecule has 5 heteroatoms. The van der Waals surface area contributed by atoms with Gasteiger partial charge in [-0.1, -0.05) is 34.1 Å². The van der Waals surface area contributed by atoms with Crippen LogP contribution in [0.15, 0.2) is 63.7 Å². The molecular weight excluding hydrogens is 337 g/mol. The molecule has 0 N–H and O–H groups in total. The Kier molecular flexibility index (Phi) is 3.66. The predicted octanol–water partition coefficient (Wildman–Crippen LogP) is 3.93. The smallest absolute Gasteiger partial charge is 0.363 e. The molecule has 21 heavy (non-hydrogen) atoms. The molecule has 0 amide bonds. The highest BCUT2D eigenvalue weighted by Crippen LogP contribution is 2.21. The number of aliphatic imine (C=N–C) groups is 1. The lowest BCUT2D eigenvalue weighted by Crippen LogP contribution is -2.05. The van der Waals surface area contributed by atoms with E-state index >= 15 is 0 Å². The zero-order valence-electron chi connectivity index (χ0n) is 10.7. The Balaban J connectivity index is 1.95. The molecule has 0 saturated carbocycles. The molecule has 0 unspecified atom stereocenters. The molecule has 0 atom stereocenters. The van der Waals surface area contributed by atoms with E-state index in [2.05, 4.69) is 20.9 Å². The number of cyclic esters (lactones) is 1. The van der Waals surface area contributed by atoms with Gasteiger partial charge in [0.25, 0.3) is 0 Å². The number of carbonyl (C=O) groups excluding carboxylic acids is 1. The minimum absolute atomic E-state index is 0.149. The molecule has 2 aromatic rings. The second-order valence-corrected chi connectivity index (χ2v) is 5.32. The minimum atomic E-state index is -0.547. The Labute approximate surface area is 128 Å². The molecule has 104 valence electrons. The fourth-order valence-electron chi connectivity index (χ4n) is 1.91. The van der Waals surface area contributed by atoms with Crippen molar-refractivity contribution in [1.82, 2.24) is 0 Å². The second kappa shape index (κ2) is 5.61. The molecule has 0 radical (unpaired) electrons. The zero-order chi connectivity index (χ0) is 14.8. The molecule has 0 aromatic heterocycles.